The van der Waals surface area contributed by atoms with Crippen LogP contribution in [0.5, 0.6) is 0 Å². The minimum Gasteiger partial charge on any atom is -0.397 e. The standard InChI is InChI=1S/C15H21ClN2O3/c16-11-5-6-13(17)14(9-11)18-15(19)4-2-7-20-10-12-3-1-8-21-12/h5-6,9,12H,1-4,7-8,10,17H2,(H,18,19). The van der Waals surface area contributed by atoms with Gasteiger partial charge in [-0.3, -0.25) is 4.79 Å². The Bertz CT molecular complexity index is 476. The van der Waals surface area contributed by atoms with Crippen molar-refractivity contribution in [2.75, 3.05) is 30.9 Å². The van der Waals surface area contributed by atoms with Crippen molar-refractivity contribution in [3.05, 3.63) is 23.2 Å². The van der Waals surface area contributed by atoms with E-state index in [2.05, 4.69) is 5.32 Å². The van der Waals surface area contributed by atoms with Crippen molar-refractivity contribution < 1.29 is 14.3 Å². The van der Waals surface area contributed by atoms with Crippen LogP contribution < -0.4 is 11.1 Å². The minimum atomic E-state index is -0.0929. The normalized spacial score (nSPS) is 17.9. The second kappa shape index (κ2) is 8.22. The molecule has 1 saturated heterocycles. The summed E-state index contributed by atoms with van der Waals surface area (Å²) in [6.45, 7) is 2.00. The second-order valence-corrected chi connectivity index (χ2v) is 5.53. The van der Waals surface area contributed by atoms with E-state index in [1.54, 1.807) is 18.2 Å². The molecule has 116 valence electrons. The monoisotopic (exact) mass is 312 g/mol. The summed E-state index contributed by atoms with van der Waals surface area (Å²) >= 11 is 5.87. The summed E-state index contributed by atoms with van der Waals surface area (Å²) in [5.41, 5.74) is 6.82. The highest BCUT2D eigenvalue weighted by Crippen LogP contribution is 2.23. The Labute approximate surface area is 129 Å². The number of rotatable bonds is 7. The van der Waals surface area contributed by atoms with Gasteiger partial charge in [0.05, 0.1) is 24.1 Å². The molecule has 1 aromatic rings. The van der Waals surface area contributed by atoms with Crippen molar-refractivity contribution in [3.8, 4) is 0 Å². The van der Waals surface area contributed by atoms with Crippen molar-refractivity contribution in [3.63, 3.8) is 0 Å². The zero-order valence-electron chi connectivity index (χ0n) is 11.9. The van der Waals surface area contributed by atoms with Crippen LogP contribution in [0.2, 0.25) is 5.02 Å². The number of nitrogens with two attached hydrogens (primary N) is 1. The third-order valence-corrected chi connectivity index (χ3v) is 3.54. The maximum absolute atomic E-state index is 11.8. The molecule has 0 bridgehead atoms. The molecule has 1 atom stereocenters. The van der Waals surface area contributed by atoms with E-state index in [-0.39, 0.29) is 12.0 Å². The van der Waals surface area contributed by atoms with Gasteiger partial charge >= 0.3 is 0 Å². The molecule has 21 heavy (non-hydrogen) atoms. The zero-order valence-corrected chi connectivity index (χ0v) is 12.7. The van der Waals surface area contributed by atoms with Crippen molar-refractivity contribution >= 4 is 28.9 Å². The lowest BCUT2D eigenvalue weighted by Gasteiger charge is -2.10. The van der Waals surface area contributed by atoms with E-state index >= 15 is 0 Å². The quantitative estimate of drug-likeness (QED) is 0.600. The third kappa shape index (κ3) is 5.53. The summed E-state index contributed by atoms with van der Waals surface area (Å²) in [7, 11) is 0. The first kappa shape index (κ1) is 16.1. The molecule has 1 heterocycles. The molecule has 0 radical (unpaired) electrons. The van der Waals surface area contributed by atoms with Gasteiger partial charge in [-0.15, -0.1) is 0 Å². The van der Waals surface area contributed by atoms with Crippen molar-refractivity contribution in [1.29, 1.82) is 0 Å². The molecule has 0 aromatic heterocycles. The Morgan fingerprint density at radius 2 is 2.38 bits per heavy atom. The van der Waals surface area contributed by atoms with Gasteiger partial charge in [-0.1, -0.05) is 11.6 Å². The summed E-state index contributed by atoms with van der Waals surface area (Å²) in [6, 6.07) is 5.00. The molecular formula is C15H21ClN2O3. The average Bonchev–Trinajstić information content (AvgIpc) is 2.96. The maximum atomic E-state index is 11.8. The zero-order chi connectivity index (χ0) is 15.1. The number of hydrogen-bond acceptors (Lipinski definition) is 4. The Morgan fingerprint density at radius 1 is 1.52 bits per heavy atom. The predicted octanol–water partition coefficient (Wildman–Crippen LogP) is 2.84. The summed E-state index contributed by atoms with van der Waals surface area (Å²) in [4.78, 5) is 11.8. The largest absolute Gasteiger partial charge is 0.397 e. The molecule has 1 aromatic carbocycles. The van der Waals surface area contributed by atoms with Gasteiger partial charge in [0.15, 0.2) is 0 Å². The molecule has 6 heteroatoms. The minimum absolute atomic E-state index is 0.0929. The number of nitrogens with one attached hydrogen (secondary N) is 1. The van der Waals surface area contributed by atoms with Crippen LogP contribution in [0.3, 0.4) is 0 Å². The molecule has 2 rings (SSSR count). The number of amides is 1. The van der Waals surface area contributed by atoms with Gasteiger partial charge in [-0.2, -0.15) is 0 Å². The Hall–Kier alpha value is -1.30. The fourth-order valence-corrected chi connectivity index (χ4v) is 2.35. The van der Waals surface area contributed by atoms with Crippen LogP contribution in [-0.4, -0.2) is 31.8 Å². The molecule has 0 spiro atoms. The number of hydrogen-bond donors (Lipinski definition) is 2. The van der Waals surface area contributed by atoms with Gasteiger partial charge in [-0.25, -0.2) is 0 Å². The van der Waals surface area contributed by atoms with E-state index in [9.17, 15) is 4.79 Å². The predicted molar refractivity (Wildman–Crippen MR) is 83.5 cm³/mol. The highest BCUT2D eigenvalue weighted by atomic mass is 35.5. The van der Waals surface area contributed by atoms with E-state index in [1.165, 1.54) is 0 Å². The molecule has 5 nitrogen and oxygen atoms in total. The Kier molecular flexibility index (Phi) is 6.29. The summed E-state index contributed by atoms with van der Waals surface area (Å²) in [5, 5.41) is 3.30. The molecule has 1 amide bonds. The van der Waals surface area contributed by atoms with Gasteiger partial charge < -0.3 is 20.5 Å². The highest BCUT2D eigenvalue weighted by Gasteiger charge is 2.15. The number of nitrogen functional groups attached to an aromatic ring is 1. The van der Waals surface area contributed by atoms with Crippen LogP contribution in [0.1, 0.15) is 25.7 Å². The molecule has 0 aliphatic carbocycles. The molecular weight excluding hydrogens is 292 g/mol. The van der Waals surface area contributed by atoms with Crippen LogP contribution in [0, 0.1) is 0 Å². The van der Waals surface area contributed by atoms with E-state index in [1.807, 2.05) is 0 Å². The molecule has 0 saturated carbocycles. The highest BCUT2D eigenvalue weighted by molar-refractivity contribution is 6.31. The summed E-state index contributed by atoms with van der Waals surface area (Å²) in [5.74, 6) is -0.0929. The van der Waals surface area contributed by atoms with Gasteiger partial charge in [0, 0.05) is 24.7 Å². The van der Waals surface area contributed by atoms with Crippen LogP contribution in [0.4, 0.5) is 11.4 Å². The maximum Gasteiger partial charge on any atom is 0.224 e. The van der Waals surface area contributed by atoms with Gasteiger partial charge in [0.1, 0.15) is 0 Å². The lowest BCUT2D eigenvalue weighted by atomic mass is 10.2. The van der Waals surface area contributed by atoms with Gasteiger partial charge in [0.2, 0.25) is 5.91 Å². The fraction of sp³-hybridized carbons (Fsp3) is 0.533. The number of benzene rings is 1. The molecule has 1 fully saturated rings. The van der Waals surface area contributed by atoms with Crippen LogP contribution >= 0.6 is 11.6 Å². The van der Waals surface area contributed by atoms with Gasteiger partial charge in [0.25, 0.3) is 0 Å². The molecule has 1 aliphatic rings. The number of anilines is 2. The number of carbonyl (C=O) groups is 1. The molecule has 3 N–H and O–H groups in total. The van der Waals surface area contributed by atoms with Crippen LogP contribution in [-0.2, 0) is 14.3 Å². The smallest absolute Gasteiger partial charge is 0.224 e. The van der Waals surface area contributed by atoms with E-state index in [4.69, 9.17) is 26.8 Å². The van der Waals surface area contributed by atoms with E-state index in [0.717, 1.165) is 19.4 Å². The lowest BCUT2D eigenvalue weighted by Crippen LogP contribution is -2.16. The fourth-order valence-electron chi connectivity index (χ4n) is 2.17. The number of ether oxygens (including phenoxy) is 2. The SMILES string of the molecule is Nc1ccc(Cl)cc1NC(=O)CCCOCC1CCCO1. The first-order valence-electron chi connectivity index (χ1n) is 7.19. The van der Waals surface area contributed by atoms with Crippen molar-refractivity contribution in [1.82, 2.24) is 0 Å². The third-order valence-electron chi connectivity index (χ3n) is 3.31. The number of carbonyl (C=O) groups excluding carboxylic acids is 1. The Morgan fingerprint density at radius 3 is 3.14 bits per heavy atom. The van der Waals surface area contributed by atoms with E-state index in [0.29, 0.717) is 42.5 Å². The summed E-state index contributed by atoms with van der Waals surface area (Å²) < 4.78 is 11.0. The lowest BCUT2D eigenvalue weighted by molar-refractivity contribution is -0.116. The topological polar surface area (TPSA) is 73.6 Å². The second-order valence-electron chi connectivity index (χ2n) is 5.09. The molecule has 1 aliphatic heterocycles. The van der Waals surface area contributed by atoms with Crippen LogP contribution in [0.25, 0.3) is 0 Å². The van der Waals surface area contributed by atoms with Crippen molar-refractivity contribution in [2.24, 2.45) is 0 Å². The van der Waals surface area contributed by atoms with Gasteiger partial charge in [-0.05, 0) is 37.5 Å². The van der Waals surface area contributed by atoms with E-state index < -0.39 is 0 Å². The van der Waals surface area contributed by atoms with Crippen molar-refractivity contribution in [2.45, 2.75) is 31.8 Å². The Balaban J connectivity index is 1.62. The first-order chi connectivity index (χ1) is 10.1. The average molecular weight is 313 g/mol. The molecule has 1 unspecified atom stereocenters. The van der Waals surface area contributed by atoms with Crippen LogP contribution in [0.15, 0.2) is 18.2 Å². The summed E-state index contributed by atoms with van der Waals surface area (Å²) in [6.07, 6.45) is 3.45. The first-order valence-corrected chi connectivity index (χ1v) is 7.57. The number of halogens is 1.